The van der Waals surface area contributed by atoms with Crippen LogP contribution >= 0.6 is 0 Å². The lowest BCUT2D eigenvalue weighted by atomic mass is 10.1. The standard InChI is InChI=1S/C32H35N3O4/c36-23-35-29-19-27(13-16-32(29)39-22-25-7-3-1-4-8-25)30(37)20-33-18-17-24-11-14-28(15-12-24)34-21-31(38)26-9-5-2-6-10-26/h1-16,19,23,30-31,33-34,37-38H,17-18,20-22H2,(H,35,36)/t30-,31+/m0/s1. The first-order valence-corrected chi connectivity index (χ1v) is 13.1. The molecule has 0 saturated heterocycles. The molecule has 0 spiro atoms. The number of ether oxygens (including phenoxy) is 1. The summed E-state index contributed by atoms with van der Waals surface area (Å²) in [6.45, 7) is 1.90. The van der Waals surface area contributed by atoms with Gasteiger partial charge in [-0.2, -0.15) is 0 Å². The molecule has 0 bridgehead atoms. The SMILES string of the molecule is O=CNc1cc([C@@H](O)CNCCc2ccc(NC[C@@H](O)c3ccccc3)cc2)ccc1OCc1ccccc1. The van der Waals surface area contributed by atoms with Crippen molar-refractivity contribution in [3.05, 3.63) is 125 Å². The summed E-state index contributed by atoms with van der Waals surface area (Å²) in [6, 6.07) is 32.8. The van der Waals surface area contributed by atoms with Crippen LogP contribution in [-0.2, 0) is 17.8 Å². The first-order chi connectivity index (χ1) is 19.1. The minimum atomic E-state index is -0.733. The van der Waals surface area contributed by atoms with Gasteiger partial charge in [0.1, 0.15) is 12.4 Å². The summed E-state index contributed by atoms with van der Waals surface area (Å²) in [7, 11) is 0. The van der Waals surface area contributed by atoms with E-state index in [1.807, 2.05) is 78.9 Å². The van der Waals surface area contributed by atoms with Crippen LogP contribution in [0.25, 0.3) is 0 Å². The predicted molar refractivity (Wildman–Crippen MR) is 155 cm³/mol. The van der Waals surface area contributed by atoms with Gasteiger partial charge in [-0.25, -0.2) is 0 Å². The van der Waals surface area contributed by atoms with Crippen LogP contribution in [0.5, 0.6) is 5.75 Å². The second-order valence-electron chi connectivity index (χ2n) is 9.27. The fourth-order valence-corrected chi connectivity index (χ4v) is 4.18. The molecule has 0 heterocycles. The van der Waals surface area contributed by atoms with Gasteiger partial charge in [0.2, 0.25) is 6.41 Å². The lowest BCUT2D eigenvalue weighted by Crippen LogP contribution is -2.23. The highest BCUT2D eigenvalue weighted by atomic mass is 16.5. The average Bonchev–Trinajstić information content (AvgIpc) is 2.99. The third kappa shape index (κ3) is 8.68. The number of carbonyl (C=O) groups is 1. The van der Waals surface area contributed by atoms with Gasteiger partial charge >= 0.3 is 0 Å². The van der Waals surface area contributed by atoms with Crippen molar-refractivity contribution < 1.29 is 19.7 Å². The Morgan fingerprint density at radius 3 is 2.15 bits per heavy atom. The van der Waals surface area contributed by atoms with Gasteiger partial charge in [-0.1, -0.05) is 78.9 Å². The van der Waals surface area contributed by atoms with Crippen LogP contribution in [0.2, 0.25) is 0 Å². The summed E-state index contributed by atoms with van der Waals surface area (Å²) in [4.78, 5) is 11.1. The van der Waals surface area contributed by atoms with E-state index in [9.17, 15) is 15.0 Å². The Balaban J connectivity index is 1.21. The van der Waals surface area contributed by atoms with E-state index >= 15 is 0 Å². The Kier molecular flexibility index (Phi) is 10.5. The molecule has 2 atom stereocenters. The van der Waals surface area contributed by atoms with Gasteiger partial charge in [0, 0.05) is 18.8 Å². The fraction of sp³-hybridized carbons (Fsp3) is 0.219. The molecule has 202 valence electrons. The zero-order valence-corrected chi connectivity index (χ0v) is 21.8. The maximum absolute atomic E-state index is 11.1. The van der Waals surface area contributed by atoms with Crippen molar-refractivity contribution in [3.8, 4) is 5.75 Å². The van der Waals surface area contributed by atoms with Gasteiger partial charge in [-0.3, -0.25) is 4.79 Å². The molecule has 0 aliphatic heterocycles. The van der Waals surface area contributed by atoms with E-state index in [1.165, 1.54) is 5.56 Å². The lowest BCUT2D eigenvalue weighted by molar-refractivity contribution is -0.105. The number of aliphatic hydroxyl groups excluding tert-OH is 2. The van der Waals surface area contributed by atoms with Crippen LogP contribution in [0.4, 0.5) is 11.4 Å². The van der Waals surface area contributed by atoms with E-state index in [0.29, 0.717) is 49.7 Å². The molecule has 0 aliphatic carbocycles. The predicted octanol–water partition coefficient (Wildman–Crippen LogP) is 4.85. The molecule has 7 nitrogen and oxygen atoms in total. The molecule has 4 aromatic rings. The number of anilines is 2. The Morgan fingerprint density at radius 1 is 0.744 bits per heavy atom. The molecule has 1 amide bonds. The number of carbonyl (C=O) groups excluding carboxylic acids is 1. The molecule has 0 unspecified atom stereocenters. The van der Waals surface area contributed by atoms with Crippen molar-refractivity contribution in [1.82, 2.24) is 5.32 Å². The molecule has 0 radical (unpaired) electrons. The lowest BCUT2D eigenvalue weighted by Gasteiger charge is -2.16. The van der Waals surface area contributed by atoms with E-state index in [0.717, 1.165) is 23.2 Å². The monoisotopic (exact) mass is 525 g/mol. The largest absolute Gasteiger partial charge is 0.487 e. The number of benzene rings is 4. The quantitative estimate of drug-likeness (QED) is 0.112. The summed E-state index contributed by atoms with van der Waals surface area (Å²) in [5, 5.41) is 30.2. The molecule has 4 rings (SSSR count). The zero-order chi connectivity index (χ0) is 27.3. The Labute approximate surface area is 229 Å². The molecule has 0 aromatic heterocycles. The summed E-state index contributed by atoms with van der Waals surface area (Å²) < 4.78 is 5.88. The molecule has 5 N–H and O–H groups in total. The van der Waals surface area contributed by atoms with Crippen LogP contribution in [0, 0.1) is 0 Å². The smallest absolute Gasteiger partial charge is 0.211 e. The number of rotatable bonds is 15. The minimum Gasteiger partial charge on any atom is -0.487 e. The number of aliphatic hydroxyl groups is 2. The number of hydrogen-bond acceptors (Lipinski definition) is 6. The van der Waals surface area contributed by atoms with Gasteiger partial charge in [-0.15, -0.1) is 0 Å². The fourth-order valence-electron chi connectivity index (χ4n) is 4.18. The highest BCUT2D eigenvalue weighted by molar-refractivity contribution is 5.76. The van der Waals surface area contributed by atoms with Gasteiger partial charge < -0.3 is 30.9 Å². The van der Waals surface area contributed by atoms with E-state index in [1.54, 1.807) is 12.1 Å². The number of nitrogens with one attached hydrogen (secondary N) is 3. The Hall–Kier alpha value is -4.17. The van der Waals surface area contributed by atoms with Gasteiger partial charge in [-0.05, 0) is 59.5 Å². The molecule has 7 heteroatoms. The van der Waals surface area contributed by atoms with Crippen LogP contribution in [0.15, 0.2) is 103 Å². The average molecular weight is 526 g/mol. The molecule has 0 fully saturated rings. The summed E-state index contributed by atoms with van der Waals surface area (Å²) in [5.41, 5.74) is 5.24. The summed E-state index contributed by atoms with van der Waals surface area (Å²) >= 11 is 0. The second kappa shape index (κ2) is 14.7. The zero-order valence-electron chi connectivity index (χ0n) is 21.8. The number of hydrogen-bond donors (Lipinski definition) is 5. The highest BCUT2D eigenvalue weighted by Crippen LogP contribution is 2.29. The van der Waals surface area contributed by atoms with E-state index in [2.05, 4.69) is 28.1 Å². The van der Waals surface area contributed by atoms with Crippen LogP contribution in [0.3, 0.4) is 0 Å². The molecule has 0 aliphatic rings. The second-order valence-corrected chi connectivity index (χ2v) is 9.27. The maximum Gasteiger partial charge on any atom is 0.211 e. The van der Waals surface area contributed by atoms with E-state index in [4.69, 9.17) is 4.74 Å². The molecular formula is C32H35N3O4. The van der Waals surface area contributed by atoms with Gasteiger partial charge in [0.05, 0.1) is 17.9 Å². The van der Waals surface area contributed by atoms with Crippen LogP contribution in [-0.4, -0.2) is 36.3 Å². The van der Waals surface area contributed by atoms with Crippen molar-refractivity contribution in [2.24, 2.45) is 0 Å². The Morgan fingerprint density at radius 2 is 1.44 bits per heavy atom. The van der Waals surface area contributed by atoms with Gasteiger partial charge in [0.15, 0.2) is 0 Å². The number of amides is 1. The minimum absolute atomic E-state index is 0.377. The van der Waals surface area contributed by atoms with Crippen LogP contribution < -0.4 is 20.7 Å². The van der Waals surface area contributed by atoms with Crippen molar-refractivity contribution in [2.45, 2.75) is 25.2 Å². The maximum atomic E-state index is 11.1. The normalized spacial score (nSPS) is 12.4. The molecule has 0 saturated carbocycles. The van der Waals surface area contributed by atoms with Gasteiger partial charge in [0.25, 0.3) is 0 Å². The highest BCUT2D eigenvalue weighted by Gasteiger charge is 2.12. The molecular weight excluding hydrogens is 490 g/mol. The summed E-state index contributed by atoms with van der Waals surface area (Å²) in [6.07, 6.45) is 0.114. The topological polar surface area (TPSA) is 103 Å². The van der Waals surface area contributed by atoms with Crippen molar-refractivity contribution in [2.75, 3.05) is 30.3 Å². The first kappa shape index (κ1) is 27.9. The van der Waals surface area contributed by atoms with E-state index in [-0.39, 0.29) is 0 Å². The third-order valence-corrected chi connectivity index (χ3v) is 6.41. The van der Waals surface area contributed by atoms with Crippen molar-refractivity contribution in [3.63, 3.8) is 0 Å². The first-order valence-electron chi connectivity index (χ1n) is 13.1. The van der Waals surface area contributed by atoms with Crippen LogP contribution in [0.1, 0.15) is 34.5 Å². The third-order valence-electron chi connectivity index (χ3n) is 6.41. The summed E-state index contributed by atoms with van der Waals surface area (Å²) in [5.74, 6) is 0.544. The van der Waals surface area contributed by atoms with E-state index < -0.39 is 12.2 Å². The molecule has 39 heavy (non-hydrogen) atoms. The van der Waals surface area contributed by atoms with Crippen molar-refractivity contribution >= 4 is 17.8 Å². The van der Waals surface area contributed by atoms with Crippen molar-refractivity contribution in [1.29, 1.82) is 0 Å². The Bertz CT molecular complexity index is 1280. The molecule has 4 aromatic carbocycles.